The van der Waals surface area contributed by atoms with E-state index < -0.39 is 0 Å². The van der Waals surface area contributed by atoms with Crippen LogP contribution in [0.2, 0.25) is 0 Å². The number of carbonyl (C=O) groups is 1. The largest absolute Gasteiger partial charge is 0.456 e. The van der Waals surface area contributed by atoms with Crippen LogP contribution in [0.25, 0.3) is 0 Å². The summed E-state index contributed by atoms with van der Waals surface area (Å²) >= 11 is 1.34. The van der Waals surface area contributed by atoms with E-state index in [4.69, 9.17) is 9.84 Å². The van der Waals surface area contributed by atoms with Gasteiger partial charge >= 0.3 is 0 Å². The first-order chi connectivity index (χ1) is 7.81. The van der Waals surface area contributed by atoms with Gasteiger partial charge in [0.1, 0.15) is 11.5 Å². The van der Waals surface area contributed by atoms with Gasteiger partial charge in [-0.25, -0.2) is 0 Å². The van der Waals surface area contributed by atoms with Crippen molar-refractivity contribution in [2.75, 3.05) is 0 Å². The maximum atomic E-state index is 10.5. The van der Waals surface area contributed by atoms with E-state index in [9.17, 15) is 4.79 Å². The molecule has 2 rings (SSSR count). The molecule has 16 heavy (non-hydrogen) atoms. The van der Waals surface area contributed by atoms with Gasteiger partial charge in [0.25, 0.3) is 0 Å². The van der Waals surface area contributed by atoms with Crippen molar-refractivity contribution in [2.24, 2.45) is 0 Å². The maximum Gasteiger partial charge on any atom is 0.160 e. The van der Waals surface area contributed by atoms with Crippen LogP contribution in [0.15, 0.2) is 35.7 Å². The van der Waals surface area contributed by atoms with E-state index in [1.54, 1.807) is 35.7 Å². The molecule has 0 saturated heterocycles. The van der Waals surface area contributed by atoms with Crippen molar-refractivity contribution >= 4 is 17.6 Å². The van der Waals surface area contributed by atoms with E-state index in [2.05, 4.69) is 0 Å². The highest BCUT2D eigenvalue weighted by Gasteiger charge is 2.01. The number of aldehydes is 1. The molecule has 0 spiro atoms. The van der Waals surface area contributed by atoms with Gasteiger partial charge < -0.3 is 9.84 Å². The summed E-state index contributed by atoms with van der Waals surface area (Å²) in [6.45, 7) is 0.0218. The number of hydrogen-bond donors (Lipinski definition) is 1. The van der Waals surface area contributed by atoms with Crippen LogP contribution in [0.5, 0.6) is 11.5 Å². The Morgan fingerprint density at radius 3 is 2.56 bits per heavy atom. The van der Waals surface area contributed by atoms with Crippen LogP contribution in [-0.4, -0.2) is 11.4 Å². The number of ether oxygens (including phenoxy) is 1. The zero-order chi connectivity index (χ0) is 11.4. The van der Waals surface area contributed by atoms with Gasteiger partial charge in [0.2, 0.25) is 0 Å². The number of hydrogen-bond acceptors (Lipinski definition) is 4. The molecule has 0 radical (unpaired) electrons. The minimum atomic E-state index is 0.0218. The molecule has 4 heteroatoms. The standard InChI is InChI=1S/C12H10O3S/c13-6-9-1-3-10(4-2-9)15-11-5-12(7-14)16-8-11/h1-5,7-8,13H,6H2. The predicted octanol–water partition coefficient (Wildman–Crippen LogP) is 2.85. The van der Waals surface area contributed by atoms with Crippen LogP contribution in [0, 0.1) is 0 Å². The SMILES string of the molecule is O=Cc1cc(Oc2ccc(CO)cc2)cs1. The second-order valence-corrected chi connectivity index (χ2v) is 4.15. The molecule has 0 bridgehead atoms. The Morgan fingerprint density at radius 1 is 1.25 bits per heavy atom. The first kappa shape index (κ1) is 10.9. The molecule has 1 N–H and O–H groups in total. The lowest BCUT2D eigenvalue weighted by Gasteiger charge is -2.03. The summed E-state index contributed by atoms with van der Waals surface area (Å²) in [5.41, 5.74) is 0.839. The average Bonchev–Trinajstić information content (AvgIpc) is 2.78. The molecule has 1 aromatic carbocycles. The first-order valence-electron chi connectivity index (χ1n) is 4.73. The van der Waals surface area contributed by atoms with Crippen LogP contribution in [-0.2, 0) is 6.61 Å². The number of benzene rings is 1. The quantitative estimate of drug-likeness (QED) is 0.827. The van der Waals surface area contributed by atoms with E-state index in [0.29, 0.717) is 16.4 Å². The second-order valence-electron chi connectivity index (χ2n) is 3.21. The van der Waals surface area contributed by atoms with Crippen molar-refractivity contribution in [1.29, 1.82) is 0 Å². The van der Waals surface area contributed by atoms with Gasteiger partial charge in [0.15, 0.2) is 6.29 Å². The Labute approximate surface area is 96.9 Å². The Balaban J connectivity index is 2.10. The van der Waals surface area contributed by atoms with E-state index in [1.165, 1.54) is 11.3 Å². The van der Waals surface area contributed by atoms with Crippen molar-refractivity contribution in [1.82, 2.24) is 0 Å². The van der Waals surface area contributed by atoms with Gasteiger partial charge in [-0.05, 0) is 17.7 Å². The second kappa shape index (κ2) is 4.92. The molecular weight excluding hydrogens is 224 g/mol. The molecule has 0 atom stereocenters. The summed E-state index contributed by atoms with van der Waals surface area (Å²) < 4.78 is 5.53. The summed E-state index contributed by atoms with van der Waals surface area (Å²) in [7, 11) is 0. The van der Waals surface area contributed by atoms with Gasteiger partial charge in [0.05, 0.1) is 11.5 Å². The Morgan fingerprint density at radius 2 is 2.00 bits per heavy atom. The monoisotopic (exact) mass is 234 g/mol. The van der Waals surface area contributed by atoms with Gasteiger partial charge in [0, 0.05) is 11.4 Å². The highest BCUT2D eigenvalue weighted by atomic mass is 32.1. The number of carbonyl (C=O) groups excluding carboxylic acids is 1. The molecular formula is C12H10O3S. The zero-order valence-electron chi connectivity index (χ0n) is 8.42. The average molecular weight is 234 g/mol. The zero-order valence-corrected chi connectivity index (χ0v) is 9.24. The number of rotatable bonds is 4. The van der Waals surface area contributed by atoms with E-state index in [0.717, 1.165) is 11.8 Å². The minimum Gasteiger partial charge on any atom is -0.456 e. The Bertz CT molecular complexity index is 473. The molecule has 82 valence electrons. The highest BCUT2D eigenvalue weighted by molar-refractivity contribution is 7.11. The fourth-order valence-electron chi connectivity index (χ4n) is 1.25. The molecule has 0 aliphatic rings. The Hall–Kier alpha value is -1.65. The number of aliphatic hydroxyl groups is 1. The molecule has 0 unspecified atom stereocenters. The first-order valence-corrected chi connectivity index (χ1v) is 5.61. The molecule has 0 aliphatic carbocycles. The van der Waals surface area contributed by atoms with Crippen molar-refractivity contribution in [3.05, 3.63) is 46.2 Å². The fourth-order valence-corrected chi connectivity index (χ4v) is 1.86. The predicted molar refractivity (Wildman–Crippen MR) is 62.1 cm³/mol. The van der Waals surface area contributed by atoms with E-state index in [1.807, 2.05) is 0 Å². The van der Waals surface area contributed by atoms with E-state index >= 15 is 0 Å². The summed E-state index contributed by atoms with van der Waals surface area (Å²) in [5.74, 6) is 1.34. The van der Waals surface area contributed by atoms with Gasteiger partial charge in [-0.2, -0.15) is 0 Å². The number of aliphatic hydroxyl groups excluding tert-OH is 1. The topological polar surface area (TPSA) is 46.5 Å². The molecule has 0 aliphatic heterocycles. The van der Waals surface area contributed by atoms with Crippen LogP contribution >= 0.6 is 11.3 Å². The van der Waals surface area contributed by atoms with Crippen molar-refractivity contribution in [2.45, 2.75) is 6.61 Å². The lowest BCUT2D eigenvalue weighted by molar-refractivity contribution is 0.112. The van der Waals surface area contributed by atoms with Crippen molar-refractivity contribution in [3.8, 4) is 11.5 Å². The summed E-state index contributed by atoms with van der Waals surface area (Å²) in [4.78, 5) is 11.1. The summed E-state index contributed by atoms with van der Waals surface area (Å²) in [6, 6.07) is 8.84. The third kappa shape index (κ3) is 2.48. The van der Waals surface area contributed by atoms with Gasteiger partial charge in [-0.15, -0.1) is 11.3 Å². The van der Waals surface area contributed by atoms with Crippen LogP contribution in [0.4, 0.5) is 0 Å². The summed E-state index contributed by atoms with van der Waals surface area (Å²) in [6.07, 6.45) is 0.798. The molecule has 3 nitrogen and oxygen atoms in total. The molecule has 2 aromatic rings. The third-order valence-corrected chi connectivity index (χ3v) is 2.89. The van der Waals surface area contributed by atoms with Crippen LogP contribution in [0.1, 0.15) is 15.2 Å². The Kier molecular flexibility index (Phi) is 3.34. The number of thiophene rings is 1. The fraction of sp³-hybridized carbons (Fsp3) is 0.0833. The normalized spacial score (nSPS) is 10.1. The van der Waals surface area contributed by atoms with Gasteiger partial charge in [-0.3, -0.25) is 4.79 Å². The molecule has 0 amide bonds. The maximum absolute atomic E-state index is 10.5. The lowest BCUT2D eigenvalue weighted by Crippen LogP contribution is -1.84. The smallest absolute Gasteiger partial charge is 0.160 e. The lowest BCUT2D eigenvalue weighted by atomic mass is 10.2. The molecule has 1 aromatic heterocycles. The molecule has 0 saturated carbocycles. The van der Waals surface area contributed by atoms with Crippen molar-refractivity contribution < 1.29 is 14.6 Å². The third-order valence-electron chi connectivity index (χ3n) is 2.05. The van der Waals surface area contributed by atoms with Crippen LogP contribution < -0.4 is 4.74 Å². The molecule has 1 heterocycles. The van der Waals surface area contributed by atoms with Gasteiger partial charge in [-0.1, -0.05) is 12.1 Å². The minimum absolute atomic E-state index is 0.0218. The van der Waals surface area contributed by atoms with Crippen molar-refractivity contribution in [3.63, 3.8) is 0 Å². The molecule has 0 fully saturated rings. The van der Waals surface area contributed by atoms with E-state index in [-0.39, 0.29) is 6.61 Å². The summed E-state index contributed by atoms with van der Waals surface area (Å²) in [5, 5.41) is 10.7. The highest BCUT2D eigenvalue weighted by Crippen LogP contribution is 2.26. The van der Waals surface area contributed by atoms with Crippen LogP contribution in [0.3, 0.4) is 0 Å².